The molecule has 1 aliphatic rings. The molecule has 0 fully saturated rings. The number of para-hydroxylation sites is 1. The Hall–Kier alpha value is -1.97. The summed E-state index contributed by atoms with van der Waals surface area (Å²) in [5.41, 5.74) is 0.777. The number of fused-ring (bicyclic) bond motifs is 1. The first-order valence-electron chi connectivity index (χ1n) is 9.07. The van der Waals surface area contributed by atoms with Gasteiger partial charge in [0.2, 0.25) is 5.90 Å². The maximum atomic E-state index is 13.9. The van der Waals surface area contributed by atoms with Gasteiger partial charge in [0, 0.05) is 18.0 Å². The topological polar surface area (TPSA) is 34.5 Å². The molecule has 3 rings (SSSR count). The third kappa shape index (κ3) is 3.68. The van der Waals surface area contributed by atoms with Crippen molar-refractivity contribution in [1.29, 1.82) is 0 Å². The summed E-state index contributed by atoms with van der Waals surface area (Å²) < 4.78 is 20.2. The van der Waals surface area contributed by atoms with Crippen molar-refractivity contribution in [3.05, 3.63) is 41.8 Å². The second-order valence-electron chi connectivity index (χ2n) is 8.13. The number of aromatic nitrogens is 1. The molecular weight excluding hydrogens is 315 g/mol. The molecule has 1 aromatic heterocycles. The number of benzene rings is 1. The number of nitrogens with zero attached hydrogens (tertiary/aromatic N) is 2. The summed E-state index contributed by atoms with van der Waals surface area (Å²) in [6, 6.07) is 6.91. The number of halogens is 1. The van der Waals surface area contributed by atoms with Crippen LogP contribution in [0.3, 0.4) is 0 Å². The number of aliphatic imine (C=N–C) groups is 1. The van der Waals surface area contributed by atoms with Gasteiger partial charge in [0.15, 0.2) is 0 Å². The Bertz CT molecular complexity index is 817. The molecule has 134 valence electrons. The Morgan fingerprint density at radius 3 is 2.72 bits per heavy atom. The third-order valence-electron chi connectivity index (χ3n) is 4.97. The van der Waals surface area contributed by atoms with E-state index >= 15 is 0 Å². The molecule has 0 saturated carbocycles. The van der Waals surface area contributed by atoms with Crippen LogP contribution >= 0.6 is 0 Å². The summed E-state index contributed by atoms with van der Waals surface area (Å²) in [6.07, 6.45) is 4.48. The first-order chi connectivity index (χ1) is 11.7. The largest absolute Gasteiger partial charge is 0.471 e. The van der Waals surface area contributed by atoms with E-state index in [1.807, 2.05) is 12.1 Å². The van der Waals surface area contributed by atoms with Gasteiger partial charge in [0.25, 0.3) is 0 Å². The van der Waals surface area contributed by atoms with Gasteiger partial charge in [0.1, 0.15) is 16.9 Å². The molecule has 25 heavy (non-hydrogen) atoms. The van der Waals surface area contributed by atoms with Gasteiger partial charge in [-0.1, -0.05) is 32.9 Å². The maximum absolute atomic E-state index is 13.9. The molecule has 2 aromatic rings. The molecule has 0 spiro atoms. The Morgan fingerprint density at radius 1 is 1.28 bits per heavy atom. The van der Waals surface area contributed by atoms with E-state index in [0.717, 1.165) is 30.2 Å². The highest BCUT2D eigenvalue weighted by Gasteiger charge is 2.41. The van der Waals surface area contributed by atoms with Crippen LogP contribution in [0.2, 0.25) is 0 Å². The number of hydrogen-bond donors (Lipinski definition) is 0. The Balaban J connectivity index is 2.07. The van der Waals surface area contributed by atoms with Crippen LogP contribution in [-0.2, 0) is 4.74 Å². The highest BCUT2D eigenvalue weighted by molar-refractivity contribution is 5.98. The molecule has 3 nitrogen and oxygen atoms in total. The van der Waals surface area contributed by atoms with Gasteiger partial charge in [-0.2, -0.15) is 0 Å². The van der Waals surface area contributed by atoms with Crippen molar-refractivity contribution in [2.24, 2.45) is 10.9 Å². The van der Waals surface area contributed by atoms with Crippen molar-refractivity contribution in [2.45, 2.75) is 65.0 Å². The second kappa shape index (κ2) is 6.40. The highest BCUT2D eigenvalue weighted by atomic mass is 19.1. The van der Waals surface area contributed by atoms with Gasteiger partial charge in [-0.3, -0.25) is 4.98 Å². The third-order valence-corrected chi connectivity index (χ3v) is 4.97. The summed E-state index contributed by atoms with van der Waals surface area (Å²) in [6.45, 7) is 10.9. The Labute approximate surface area is 149 Å². The van der Waals surface area contributed by atoms with E-state index in [-0.39, 0.29) is 17.0 Å². The number of pyridine rings is 1. The van der Waals surface area contributed by atoms with Crippen molar-refractivity contribution >= 4 is 16.8 Å². The van der Waals surface area contributed by atoms with E-state index in [4.69, 9.17) is 9.73 Å². The average molecular weight is 342 g/mol. The van der Waals surface area contributed by atoms with Crippen molar-refractivity contribution in [3.63, 3.8) is 0 Å². The number of hydrogen-bond acceptors (Lipinski definition) is 3. The minimum Gasteiger partial charge on any atom is -0.471 e. The molecule has 0 N–H and O–H groups in total. The van der Waals surface area contributed by atoms with Crippen LogP contribution in [0.15, 0.2) is 35.5 Å². The fraction of sp³-hybridized carbons (Fsp3) is 0.524. The van der Waals surface area contributed by atoms with Gasteiger partial charge < -0.3 is 4.74 Å². The Morgan fingerprint density at radius 2 is 2.04 bits per heavy atom. The van der Waals surface area contributed by atoms with Gasteiger partial charge >= 0.3 is 0 Å². The first-order valence-corrected chi connectivity index (χ1v) is 9.07. The summed E-state index contributed by atoms with van der Waals surface area (Å²) in [4.78, 5) is 9.26. The SMILES string of the molecule is CCC1(C)CC(C)(CC(C)C)N=C(c2cnc3c(F)cccc3c2)O1. The maximum Gasteiger partial charge on any atom is 0.218 e. The van der Waals surface area contributed by atoms with Crippen molar-refractivity contribution in [1.82, 2.24) is 4.98 Å². The van der Waals surface area contributed by atoms with E-state index in [0.29, 0.717) is 17.3 Å². The lowest BCUT2D eigenvalue weighted by molar-refractivity contribution is 0.0180. The smallest absolute Gasteiger partial charge is 0.218 e. The van der Waals surface area contributed by atoms with Crippen LogP contribution < -0.4 is 0 Å². The van der Waals surface area contributed by atoms with E-state index < -0.39 is 0 Å². The van der Waals surface area contributed by atoms with Crippen LogP contribution in [0.4, 0.5) is 4.39 Å². The molecule has 1 aromatic carbocycles. The van der Waals surface area contributed by atoms with Crippen molar-refractivity contribution in [2.75, 3.05) is 0 Å². The van der Waals surface area contributed by atoms with Crippen molar-refractivity contribution in [3.8, 4) is 0 Å². The number of rotatable bonds is 4. The highest BCUT2D eigenvalue weighted by Crippen LogP contribution is 2.39. The second-order valence-corrected chi connectivity index (χ2v) is 8.13. The van der Waals surface area contributed by atoms with E-state index in [1.165, 1.54) is 6.07 Å². The first kappa shape index (κ1) is 17.8. The van der Waals surface area contributed by atoms with Gasteiger partial charge in [0.05, 0.1) is 11.1 Å². The molecule has 0 saturated heterocycles. The van der Waals surface area contributed by atoms with Gasteiger partial charge in [-0.25, -0.2) is 9.38 Å². The van der Waals surface area contributed by atoms with E-state index in [2.05, 4.69) is 39.6 Å². The fourth-order valence-corrected chi connectivity index (χ4v) is 3.94. The van der Waals surface area contributed by atoms with Crippen LogP contribution in [-0.4, -0.2) is 22.0 Å². The molecule has 0 bridgehead atoms. The Kier molecular flexibility index (Phi) is 4.56. The van der Waals surface area contributed by atoms with E-state index in [9.17, 15) is 4.39 Å². The summed E-state index contributed by atoms with van der Waals surface area (Å²) >= 11 is 0. The monoisotopic (exact) mass is 342 g/mol. The normalized spacial score (nSPS) is 26.6. The zero-order valence-electron chi connectivity index (χ0n) is 15.8. The summed E-state index contributed by atoms with van der Waals surface area (Å²) in [5, 5.41) is 0.762. The molecule has 2 unspecified atom stereocenters. The number of ether oxygens (including phenoxy) is 1. The van der Waals surface area contributed by atoms with E-state index in [1.54, 1.807) is 12.3 Å². The van der Waals surface area contributed by atoms with Crippen LogP contribution in [0.1, 0.15) is 59.4 Å². The average Bonchev–Trinajstić information content (AvgIpc) is 2.53. The molecule has 0 aliphatic carbocycles. The zero-order chi connectivity index (χ0) is 18.2. The quantitative estimate of drug-likeness (QED) is 0.734. The lowest BCUT2D eigenvalue weighted by Gasteiger charge is -2.43. The molecule has 1 aliphatic heterocycles. The lowest BCUT2D eigenvalue weighted by atomic mass is 9.79. The predicted molar refractivity (Wildman–Crippen MR) is 100 cm³/mol. The molecule has 2 atom stereocenters. The van der Waals surface area contributed by atoms with Gasteiger partial charge in [-0.05, 0) is 44.7 Å². The molecule has 4 heteroatoms. The molecular formula is C21H27FN2O. The standard InChI is InChI=1S/C21H27FN2O/c1-6-21(5)13-20(4,11-14(2)3)24-19(25-21)16-10-15-8-7-9-17(22)18(15)23-12-16/h7-10,12,14H,6,11,13H2,1-5H3. The van der Waals surface area contributed by atoms with Crippen LogP contribution in [0, 0.1) is 11.7 Å². The minimum absolute atomic E-state index is 0.163. The predicted octanol–water partition coefficient (Wildman–Crippen LogP) is 5.51. The summed E-state index contributed by atoms with van der Waals surface area (Å²) in [7, 11) is 0. The van der Waals surface area contributed by atoms with Crippen molar-refractivity contribution < 1.29 is 9.13 Å². The molecule has 0 radical (unpaired) electrons. The molecule has 2 heterocycles. The molecule has 0 amide bonds. The van der Waals surface area contributed by atoms with Gasteiger partial charge in [-0.15, -0.1) is 0 Å². The van der Waals surface area contributed by atoms with Crippen LogP contribution in [0.5, 0.6) is 0 Å². The lowest BCUT2D eigenvalue weighted by Crippen LogP contribution is -2.45. The summed E-state index contributed by atoms with van der Waals surface area (Å²) in [5.74, 6) is 0.869. The minimum atomic E-state index is -0.307. The fourth-order valence-electron chi connectivity index (χ4n) is 3.94. The zero-order valence-corrected chi connectivity index (χ0v) is 15.8. The van der Waals surface area contributed by atoms with Crippen LogP contribution in [0.25, 0.3) is 10.9 Å².